The van der Waals surface area contributed by atoms with Gasteiger partial charge in [0.15, 0.2) is 5.60 Å². The highest BCUT2D eigenvalue weighted by atomic mass is 19.4. The van der Waals surface area contributed by atoms with E-state index in [1.165, 1.54) is 12.1 Å². The summed E-state index contributed by atoms with van der Waals surface area (Å²) in [5.74, 6) is -0.0293. The van der Waals surface area contributed by atoms with Gasteiger partial charge in [0.05, 0.1) is 12.2 Å². The second kappa shape index (κ2) is 12.2. The average Bonchev–Trinajstić information content (AvgIpc) is 2.88. The summed E-state index contributed by atoms with van der Waals surface area (Å²) in [5.41, 5.74) is 2.03. The van der Waals surface area contributed by atoms with Gasteiger partial charge in [-0.15, -0.1) is 0 Å². The Labute approximate surface area is 221 Å². The number of carbonyl (C=O) groups excluding carboxylic acids is 2. The van der Waals surface area contributed by atoms with Crippen molar-refractivity contribution in [3.63, 3.8) is 0 Å². The zero-order valence-electron chi connectivity index (χ0n) is 21.9. The van der Waals surface area contributed by atoms with Crippen molar-refractivity contribution in [3.8, 4) is 16.9 Å². The van der Waals surface area contributed by atoms with Gasteiger partial charge in [-0.25, -0.2) is 4.79 Å². The van der Waals surface area contributed by atoms with Crippen LogP contribution in [0.3, 0.4) is 0 Å². The van der Waals surface area contributed by atoms with Crippen LogP contribution in [-0.4, -0.2) is 30.6 Å². The molecule has 1 amide bonds. The molecule has 0 spiro atoms. The van der Waals surface area contributed by atoms with E-state index in [2.05, 4.69) is 5.32 Å². The first kappa shape index (κ1) is 28.8. The molecule has 1 N–H and O–H groups in total. The molecule has 0 saturated heterocycles. The molecule has 8 heteroatoms. The van der Waals surface area contributed by atoms with Gasteiger partial charge in [-0.05, 0) is 93.1 Å². The number of aryl methyl sites for hydroxylation is 2. The number of ether oxygens (including phenoxy) is 2. The fourth-order valence-corrected chi connectivity index (χ4v) is 3.87. The Morgan fingerprint density at radius 1 is 0.895 bits per heavy atom. The molecule has 3 rings (SSSR count). The lowest BCUT2D eigenvalue weighted by molar-refractivity contribution is -0.158. The number of nitrogens with one attached hydrogen (secondary N) is 1. The first-order valence-corrected chi connectivity index (χ1v) is 12.4. The van der Waals surface area contributed by atoms with Crippen LogP contribution in [0, 0.1) is 6.92 Å². The van der Waals surface area contributed by atoms with Crippen LogP contribution in [0.15, 0.2) is 66.7 Å². The van der Waals surface area contributed by atoms with E-state index in [0.29, 0.717) is 23.4 Å². The average molecular weight is 528 g/mol. The minimum Gasteiger partial charge on any atom is -0.476 e. The molecule has 0 aliphatic rings. The molecular weight excluding hydrogens is 495 g/mol. The summed E-state index contributed by atoms with van der Waals surface area (Å²) in [6, 6.07) is 17.4. The van der Waals surface area contributed by atoms with Gasteiger partial charge in [0.1, 0.15) is 5.75 Å². The molecule has 0 saturated carbocycles. The number of esters is 1. The third kappa shape index (κ3) is 7.60. The van der Waals surface area contributed by atoms with Crippen molar-refractivity contribution >= 4 is 11.9 Å². The summed E-state index contributed by atoms with van der Waals surface area (Å²) in [7, 11) is 0. The van der Waals surface area contributed by atoms with Crippen molar-refractivity contribution in [3.05, 3.63) is 89.0 Å². The molecule has 5 nitrogen and oxygen atoms in total. The van der Waals surface area contributed by atoms with Crippen molar-refractivity contribution in [2.45, 2.75) is 52.3 Å². The van der Waals surface area contributed by atoms with Gasteiger partial charge in [0.25, 0.3) is 5.91 Å². The molecule has 0 fully saturated rings. The highest BCUT2D eigenvalue weighted by molar-refractivity contribution is 5.94. The highest BCUT2D eigenvalue weighted by Gasteiger charge is 2.32. The minimum atomic E-state index is -4.38. The SMILES string of the molecule is CCOC(=O)C(C)(C)Oc1ccc(CCCNC(=O)c2ccc(-c3ccc(C(F)(F)F)cc3)cc2)cc1C. The lowest BCUT2D eigenvalue weighted by Gasteiger charge is -2.25. The van der Waals surface area contributed by atoms with E-state index in [1.807, 2.05) is 25.1 Å². The molecule has 0 aliphatic heterocycles. The number of alkyl halides is 3. The summed E-state index contributed by atoms with van der Waals surface area (Å²) in [6.07, 6.45) is -2.90. The molecule has 0 unspecified atom stereocenters. The van der Waals surface area contributed by atoms with E-state index in [9.17, 15) is 22.8 Å². The molecular formula is C30H32F3NO4. The predicted molar refractivity (Wildman–Crippen MR) is 140 cm³/mol. The quantitative estimate of drug-likeness (QED) is 0.234. The van der Waals surface area contributed by atoms with Crippen molar-refractivity contribution in [1.29, 1.82) is 0 Å². The fraction of sp³-hybridized carbons (Fsp3) is 0.333. The molecule has 202 valence electrons. The normalized spacial score (nSPS) is 11.7. The number of hydrogen-bond acceptors (Lipinski definition) is 4. The molecule has 0 radical (unpaired) electrons. The third-order valence-corrected chi connectivity index (χ3v) is 5.99. The van der Waals surface area contributed by atoms with Crippen LogP contribution in [0.4, 0.5) is 13.2 Å². The molecule has 0 aliphatic carbocycles. The number of halogens is 3. The lowest BCUT2D eigenvalue weighted by Crippen LogP contribution is -2.39. The summed E-state index contributed by atoms with van der Waals surface area (Å²) in [6.45, 7) is 7.77. The highest BCUT2D eigenvalue weighted by Crippen LogP contribution is 2.31. The Hall–Kier alpha value is -3.81. The van der Waals surface area contributed by atoms with Crippen LogP contribution in [0.5, 0.6) is 5.75 Å². The van der Waals surface area contributed by atoms with Crippen molar-refractivity contribution in [2.75, 3.05) is 13.2 Å². The van der Waals surface area contributed by atoms with Crippen LogP contribution in [0.2, 0.25) is 0 Å². The molecule has 38 heavy (non-hydrogen) atoms. The first-order valence-electron chi connectivity index (χ1n) is 12.4. The zero-order valence-corrected chi connectivity index (χ0v) is 21.9. The Kier molecular flexibility index (Phi) is 9.20. The van der Waals surface area contributed by atoms with Gasteiger partial charge in [-0.3, -0.25) is 4.79 Å². The standard InChI is InChI=1S/C30H32F3NO4/c1-5-37-28(36)29(3,4)38-26-17-8-21(19-20(26)2)7-6-18-34-27(35)24-11-9-22(10-12-24)23-13-15-25(16-14-23)30(31,32)33/h8-17,19H,5-7,18H2,1-4H3,(H,34,35). The van der Waals surface area contributed by atoms with E-state index in [-0.39, 0.29) is 12.5 Å². The van der Waals surface area contributed by atoms with E-state index < -0.39 is 23.3 Å². The summed E-state index contributed by atoms with van der Waals surface area (Å²) >= 11 is 0. The molecule has 0 heterocycles. The van der Waals surface area contributed by atoms with E-state index in [0.717, 1.165) is 41.7 Å². The maximum absolute atomic E-state index is 12.8. The summed E-state index contributed by atoms with van der Waals surface area (Å²) < 4.78 is 49.2. The van der Waals surface area contributed by atoms with Crippen LogP contribution in [0.25, 0.3) is 11.1 Å². The second-order valence-electron chi connectivity index (χ2n) is 9.44. The molecule has 0 atom stereocenters. The Morgan fingerprint density at radius 3 is 2.05 bits per heavy atom. The van der Waals surface area contributed by atoms with Gasteiger partial charge in [-0.1, -0.05) is 36.4 Å². The van der Waals surface area contributed by atoms with Gasteiger partial charge in [0.2, 0.25) is 0 Å². The Bertz CT molecular complexity index is 1250. The van der Waals surface area contributed by atoms with Crippen LogP contribution < -0.4 is 10.1 Å². The molecule has 0 aromatic heterocycles. The maximum atomic E-state index is 12.8. The molecule has 3 aromatic carbocycles. The van der Waals surface area contributed by atoms with Gasteiger partial charge in [0, 0.05) is 12.1 Å². The smallest absolute Gasteiger partial charge is 0.416 e. The minimum absolute atomic E-state index is 0.218. The Morgan fingerprint density at radius 2 is 1.50 bits per heavy atom. The Balaban J connectivity index is 1.49. The van der Waals surface area contributed by atoms with Gasteiger partial charge in [-0.2, -0.15) is 13.2 Å². The second-order valence-corrected chi connectivity index (χ2v) is 9.44. The van der Waals surface area contributed by atoms with Crippen molar-refractivity contribution < 1.29 is 32.2 Å². The summed E-state index contributed by atoms with van der Waals surface area (Å²) in [5, 5.41) is 2.89. The van der Waals surface area contributed by atoms with E-state index >= 15 is 0 Å². The lowest BCUT2D eigenvalue weighted by atomic mass is 10.0. The van der Waals surface area contributed by atoms with Crippen LogP contribution >= 0.6 is 0 Å². The number of amides is 1. The number of benzene rings is 3. The fourth-order valence-electron chi connectivity index (χ4n) is 3.87. The number of hydrogen-bond donors (Lipinski definition) is 1. The molecule has 0 bridgehead atoms. The molecule has 3 aromatic rings. The number of carbonyl (C=O) groups is 2. The largest absolute Gasteiger partial charge is 0.476 e. The zero-order chi connectivity index (χ0) is 27.9. The van der Waals surface area contributed by atoms with E-state index in [4.69, 9.17) is 9.47 Å². The topological polar surface area (TPSA) is 64.6 Å². The first-order chi connectivity index (χ1) is 17.9. The van der Waals surface area contributed by atoms with Crippen molar-refractivity contribution in [1.82, 2.24) is 5.32 Å². The van der Waals surface area contributed by atoms with Gasteiger partial charge < -0.3 is 14.8 Å². The van der Waals surface area contributed by atoms with Gasteiger partial charge >= 0.3 is 12.1 Å². The van der Waals surface area contributed by atoms with Crippen LogP contribution in [0.1, 0.15) is 54.2 Å². The number of rotatable bonds is 10. The third-order valence-electron chi connectivity index (χ3n) is 5.99. The summed E-state index contributed by atoms with van der Waals surface area (Å²) in [4.78, 5) is 24.6. The predicted octanol–water partition coefficient (Wildman–Crippen LogP) is 6.76. The van der Waals surface area contributed by atoms with Crippen molar-refractivity contribution in [2.24, 2.45) is 0 Å². The van der Waals surface area contributed by atoms with E-state index in [1.54, 1.807) is 45.0 Å². The maximum Gasteiger partial charge on any atom is 0.416 e. The van der Waals surface area contributed by atoms with Crippen LogP contribution in [-0.2, 0) is 22.1 Å². The monoisotopic (exact) mass is 527 g/mol.